The highest BCUT2D eigenvalue weighted by Gasteiger charge is 2.12. The fourth-order valence-corrected chi connectivity index (χ4v) is 2.17. The molecule has 2 rings (SSSR count). The molecule has 0 aliphatic rings. The van der Waals surface area contributed by atoms with Crippen LogP contribution in [0.3, 0.4) is 0 Å². The molecular weight excluding hydrogens is 295 g/mol. The maximum Gasteiger partial charge on any atom is 0.269 e. The van der Waals surface area contributed by atoms with E-state index in [9.17, 15) is 14.5 Å². The number of nitrogens with zero attached hydrogens (tertiary/aromatic N) is 1. The van der Waals surface area contributed by atoms with Crippen molar-refractivity contribution in [3.63, 3.8) is 0 Å². The summed E-state index contributed by atoms with van der Waals surface area (Å²) in [7, 11) is 0. The Kier molecular flexibility index (Phi) is 4.88. The summed E-state index contributed by atoms with van der Waals surface area (Å²) in [5, 5.41) is 14.0. The van der Waals surface area contributed by atoms with Gasteiger partial charge in [-0.25, -0.2) is 4.39 Å². The fraction of sp³-hybridized carbons (Fsp3) is 0.200. The molecule has 0 aliphatic carbocycles. The molecule has 6 heteroatoms. The van der Waals surface area contributed by atoms with Crippen LogP contribution in [-0.2, 0) is 6.54 Å². The molecule has 0 fully saturated rings. The molecule has 0 spiro atoms. The monoisotopic (exact) mass is 308 g/mol. The van der Waals surface area contributed by atoms with Gasteiger partial charge in [0.2, 0.25) is 0 Å². The molecule has 0 bridgehead atoms. The fourth-order valence-electron chi connectivity index (χ4n) is 1.97. The number of non-ortho nitro benzene ring substituents is 1. The first-order valence-corrected chi connectivity index (χ1v) is 6.77. The number of nitro groups is 1. The zero-order chi connectivity index (χ0) is 15.4. The SMILES string of the molecule is CC(NCc1cccc(Cl)c1F)c1cccc([N+](=O)[O-])c1. The van der Waals surface area contributed by atoms with Crippen molar-refractivity contribution in [1.29, 1.82) is 0 Å². The van der Waals surface area contributed by atoms with Crippen molar-refractivity contribution in [3.05, 3.63) is 74.5 Å². The summed E-state index contributed by atoms with van der Waals surface area (Å²) in [5.74, 6) is -0.446. The summed E-state index contributed by atoms with van der Waals surface area (Å²) in [6.07, 6.45) is 0. The van der Waals surface area contributed by atoms with Gasteiger partial charge in [0.25, 0.3) is 5.69 Å². The zero-order valence-electron chi connectivity index (χ0n) is 11.3. The topological polar surface area (TPSA) is 55.2 Å². The van der Waals surface area contributed by atoms with E-state index in [-0.39, 0.29) is 23.3 Å². The second kappa shape index (κ2) is 6.65. The predicted octanol–water partition coefficient (Wildman–Crippen LogP) is 4.24. The van der Waals surface area contributed by atoms with E-state index in [1.54, 1.807) is 24.3 Å². The van der Waals surface area contributed by atoms with Gasteiger partial charge in [-0.2, -0.15) is 0 Å². The summed E-state index contributed by atoms with van der Waals surface area (Å²) in [5.41, 5.74) is 1.27. The van der Waals surface area contributed by atoms with Gasteiger partial charge in [-0.1, -0.05) is 35.9 Å². The number of rotatable bonds is 5. The van der Waals surface area contributed by atoms with Gasteiger partial charge in [0.05, 0.1) is 9.95 Å². The van der Waals surface area contributed by atoms with Crippen LogP contribution in [0.5, 0.6) is 0 Å². The number of benzene rings is 2. The van der Waals surface area contributed by atoms with Crippen molar-refractivity contribution in [2.24, 2.45) is 0 Å². The zero-order valence-corrected chi connectivity index (χ0v) is 12.1. The second-order valence-electron chi connectivity index (χ2n) is 4.67. The van der Waals surface area contributed by atoms with Crippen LogP contribution < -0.4 is 5.32 Å². The van der Waals surface area contributed by atoms with Crippen LogP contribution in [0.15, 0.2) is 42.5 Å². The van der Waals surface area contributed by atoms with Gasteiger partial charge in [-0.05, 0) is 18.6 Å². The second-order valence-corrected chi connectivity index (χ2v) is 5.07. The minimum absolute atomic E-state index is 0.0371. The lowest BCUT2D eigenvalue weighted by Gasteiger charge is -2.14. The minimum atomic E-state index is -0.446. The summed E-state index contributed by atoms with van der Waals surface area (Å²) in [6.45, 7) is 2.15. The van der Waals surface area contributed by atoms with E-state index < -0.39 is 10.7 Å². The molecule has 0 heterocycles. The summed E-state index contributed by atoms with van der Waals surface area (Å²) in [6, 6.07) is 11.0. The van der Waals surface area contributed by atoms with Crippen LogP contribution in [0.1, 0.15) is 24.1 Å². The first-order chi connectivity index (χ1) is 9.99. The van der Waals surface area contributed by atoms with Gasteiger partial charge in [-0.3, -0.25) is 10.1 Å². The highest BCUT2D eigenvalue weighted by Crippen LogP contribution is 2.21. The number of nitrogens with one attached hydrogen (secondary N) is 1. The molecule has 2 aromatic carbocycles. The van der Waals surface area contributed by atoms with Gasteiger partial charge in [0.15, 0.2) is 0 Å². The van der Waals surface area contributed by atoms with Crippen molar-refractivity contribution in [1.82, 2.24) is 5.32 Å². The third-order valence-corrected chi connectivity index (χ3v) is 3.50. The first kappa shape index (κ1) is 15.4. The van der Waals surface area contributed by atoms with Crippen LogP contribution in [0.25, 0.3) is 0 Å². The molecule has 21 heavy (non-hydrogen) atoms. The highest BCUT2D eigenvalue weighted by atomic mass is 35.5. The van der Waals surface area contributed by atoms with E-state index >= 15 is 0 Å². The molecule has 1 atom stereocenters. The predicted molar refractivity (Wildman–Crippen MR) is 79.8 cm³/mol. The lowest BCUT2D eigenvalue weighted by atomic mass is 10.1. The van der Waals surface area contributed by atoms with Crippen molar-refractivity contribution in [2.45, 2.75) is 19.5 Å². The van der Waals surface area contributed by atoms with E-state index in [2.05, 4.69) is 5.32 Å². The molecule has 0 saturated heterocycles. The number of hydrogen-bond acceptors (Lipinski definition) is 3. The van der Waals surface area contributed by atoms with E-state index in [1.807, 2.05) is 6.92 Å². The normalized spacial score (nSPS) is 12.1. The van der Waals surface area contributed by atoms with Crippen molar-refractivity contribution in [3.8, 4) is 0 Å². The lowest BCUT2D eigenvalue weighted by Crippen LogP contribution is -2.19. The number of halogens is 2. The van der Waals surface area contributed by atoms with Crippen molar-refractivity contribution in [2.75, 3.05) is 0 Å². The van der Waals surface area contributed by atoms with Crippen LogP contribution in [0.2, 0.25) is 5.02 Å². The van der Waals surface area contributed by atoms with Gasteiger partial charge < -0.3 is 5.32 Å². The van der Waals surface area contributed by atoms with E-state index in [0.717, 1.165) is 5.56 Å². The van der Waals surface area contributed by atoms with E-state index in [1.165, 1.54) is 18.2 Å². The number of hydrogen-bond donors (Lipinski definition) is 1. The third-order valence-electron chi connectivity index (χ3n) is 3.21. The molecule has 110 valence electrons. The van der Waals surface area contributed by atoms with Gasteiger partial charge in [0, 0.05) is 30.3 Å². The van der Waals surface area contributed by atoms with Crippen molar-refractivity contribution < 1.29 is 9.31 Å². The van der Waals surface area contributed by atoms with Crippen LogP contribution in [0, 0.1) is 15.9 Å². The Labute approximate surface area is 126 Å². The van der Waals surface area contributed by atoms with Gasteiger partial charge >= 0.3 is 0 Å². The average molecular weight is 309 g/mol. The smallest absolute Gasteiger partial charge is 0.269 e. The summed E-state index contributed by atoms with van der Waals surface area (Å²) < 4.78 is 13.8. The molecule has 2 aromatic rings. The Bertz CT molecular complexity index is 664. The molecule has 4 nitrogen and oxygen atoms in total. The van der Waals surface area contributed by atoms with E-state index in [4.69, 9.17) is 11.6 Å². The largest absolute Gasteiger partial charge is 0.306 e. The number of nitro benzene ring substituents is 1. The Morgan fingerprint density at radius 2 is 2.05 bits per heavy atom. The molecule has 0 radical (unpaired) electrons. The molecule has 1 N–H and O–H groups in total. The minimum Gasteiger partial charge on any atom is -0.306 e. The third kappa shape index (κ3) is 3.77. The Morgan fingerprint density at radius 3 is 2.76 bits per heavy atom. The highest BCUT2D eigenvalue weighted by molar-refractivity contribution is 6.30. The summed E-state index contributed by atoms with van der Waals surface area (Å²) >= 11 is 5.72. The Morgan fingerprint density at radius 1 is 1.33 bits per heavy atom. The van der Waals surface area contributed by atoms with E-state index in [0.29, 0.717) is 5.56 Å². The molecule has 1 unspecified atom stereocenters. The maximum absolute atomic E-state index is 13.8. The van der Waals surface area contributed by atoms with Crippen molar-refractivity contribution >= 4 is 17.3 Å². The maximum atomic E-state index is 13.8. The lowest BCUT2D eigenvalue weighted by molar-refractivity contribution is -0.384. The standard InChI is InChI=1S/C15H14ClFN2O2/c1-10(11-4-2-6-13(8-11)19(20)21)18-9-12-5-3-7-14(16)15(12)17/h2-8,10,18H,9H2,1H3. The summed E-state index contributed by atoms with van der Waals surface area (Å²) in [4.78, 5) is 10.3. The molecule has 0 amide bonds. The van der Waals surface area contributed by atoms with Gasteiger partial charge in [-0.15, -0.1) is 0 Å². The molecule has 0 saturated carbocycles. The average Bonchev–Trinajstić information content (AvgIpc) is 2.48. The molecule has 0 aliphatic heterocycles. The quantitative estimate of drug-likeness (QED) is 0.664. The van der Waals surface area contributed by atoms with Gasteiger partial charge in [0.1, 0.15) is 5.82 Å². The van der Waals surface area contributed by atoms with Crippen LogP contribution in [0.4, 0.5) is 10.1 Å². The Hall–Kier alpha value is -1.98. The molecule has 0 aromatic heterocycles. The van der Waals surface area contributed by atoms with Crippen LogP contribution in [-0.4, -0.2) is 4.92 Å². The first-order valence-electron chi connectivity index (χ1n) is 6.39. The van der Waals surface area contributed by atoms with Crippen LogP contribution >= 0.6 is 11.6 Å². The molecular formula is C15H14ClFN2O2. The Balaban J connectivity index is 2.08.